The standard InChI is InChI=1S/C6H14N4O.CH2O3/c1-3-4(2)5(11)9-10-6(7)8;2-1-4-3/h4H,3H2,1-2H3,(H,9,11)(H4,7,8,10);1,3H. The summed E-state index contributed by atoms with van der Waals surface area (Å²) >= 11 is 0. The highest BCUT2D eigenvalue weighted by Crippen LogP contribution is 1.97. The first-order valence-corrected chi connectivity index (χ1v) is 4.15. The molecule has 0 saturated carbocycles. The fourth-order valence-corrected chi connectivity index (χ4v) is 0.442. The van der Waals surface area contributed by atoms with Crippen molar-refractivity contribution in [3.8, 4) is 0 Å². The van der Waals surface area contributed by atoms with E-state index in [0.29, 0.717) is 0 Å². The predicted octanol–water partition coefficient (Wildman–Crippen LogP) is -4.15. The first-order valence-electron chi connectivity index (χ1n) is 4.15. The second-order valence-electron chi connectivity index (χ2n) is 2.57. The van der Waals surface area contributed by atoms with Crippen molar-refractivity contribution >= 4 is 18.3 Å². The minimum atomic E-state index is -0.181. The quantitative estimate of drug-likeness (QED) is 0.124. The smallest absolute Gasteiger partial charge is 0.360 e. The number of carbonyl (C=O) groups is 2. The van der Waals surface area contributed by atoms with Crippen LogP contribution < -0.4 is 27.3 Å². The molecule has 0 saturated heterocycles. The third-order valence-corrected chi connectivity index (χ3v) is 1.43. The Bertz CT molecular complexity index is 215. The van der Waals surface area contributed by atoms with Crippen molar-refractivity contribution in [2.24, 2.45) is 17.4 Å². The van der Waals surface area contributed by atoms with Crippen molar-refractivity contribution in [3.63, 3.8) is 0 Å². The minimum absolute atomic E-state index is 0.0124. The lowest BCUT2D eigenvalue weighted by Crippen LogP contribution is -2.88. The zero-order chi connectivity index (χ0) is 12.3. The van der Waals surface area contributed by atoms with Crippen molar-refractivity contribution in [1.29, 1.82) is 0 Å². The van der Waals surface area contributed by atoms with E-state index in [2.05, 4.69) is 15.4 Å². The van der Waals surface area contributed by atoms with Gasteiger partial charge < -0.3 is 10.1 Å². The van der Waals surface area contributed by atoms with Crippen LogP contribution in [0.3, 0.4) is 0 Å². The summed E-state index contributed by atoms with van der Waals surface area (Å²) in [6, 6.07) is 0. The Morgan fingerprint density at radius 2 is 2.13 bits per heavy atom. The second-order valence-corrected chi connectivity index (χ2v) is 2.57. The molecule has 8 nitrogen and oxygen atoms in total. The number of guanidine groups is 1. The van der Waals surface area contributed by atoms with Gasteiger partial charge in [0.25, 0.3) is 12.4 Å². The zero-order valence-electron chi connectivity index (χ0n) is 8.65. The lowest BCUT2D eigenvalue weighted by molar-refractivity contribution is -0.652. The molecule has 15 heavy (non-hydrogen) atoms. The Labute approximate surface area is 87.2 Å². The van der Waals surface area contributed by atoms with Gasteiger partial charge in [-0.2, -0.15) is 5.10 Å². The van der Waals surface area contributed by atoms with Crippen LogP contribution in [0.5, 0.6) is 0 Å². The van der Waals surface area contributed by atoms with Gasteiger partial charge in [-0.1, -0.05) is 13.8 Å². The Kier molecular flexibility index (Phi) is 10.7. The van der Waals surface area contributed by atoms with Crippen LogP contribution >= 0.6 is 0 Å². The van der Waals surface area contributed by atoms with Crippen LogP contribution in [0, 0.1) is 5.92 Å². The molecule has 1 atom stereocenters. The topological polar surface area (TPSA) is 144 Å². The molecular formula is C7H16N4O4. The first kappa shape index (κ1) is 15.6. The molecule has 0 aliphatic rings. The van der Waals surface area contributed by atoms with Crippen LogP contribution in [-0.4, -0.2) is 18.3 Å². The van der Waals surface area contributed by atoms with E-state index in [1.165, 1.54) is 0 Å². The summed E-state index contributed by atoms with van der Waals surface area (Å²) in [5, 5.41) is 10.8. The van der Waals surface area contributed by atoms with Crippen LogP contribution in [0.15, 0.2) is 0 Å². The third-order valence-electron chi connectivity index (χ3n) is 1.43. The highest BCUT2D eigenvalue weighted by Gasteiger charge is 2.09. The highest BCUT2D eigenvalue weighted by atomic mass is 17.1. The second kappa shape index (κ2) is 10.3. The Balaban J connectivity index is 0. The molecule has 0 heterocycles. The number of nitrogens with one attached hydrogen (secondary N) is 2. The maximum Gasteiger partial charge on any atom is 0.360 e. The molecule has 0 rings (SSSR count). The zero-order valence-corrected chi connectivity index (χ0v) is 8.65. The Morgan fingerprint density at radius 3 is 2.40 bits per heavy atom. The molecule has 88 valence electrons. The van der Waals surface area contributed by atoms with E-state index in [1.54, 1.807) is 0 Å². The Hall–Kier alpha value is -1.83. The number of hydrogen-bond donors (Lipinski definition) is 4. The van der Waals surface area contributed by atoms with Gasteiger partial charge in [-0.3, -0.25) is 21.1 Å². The molecule has 0 aliphatic carbocycles. The van der Waals surface area contributed by atoms with Crippen molar-refractivity contribution in [3.05, 3.63) is 0 Å². The van der Waals surface area contributed by atoms with Crippen molar-refractivity contribution in [2.75, 3.05) is 0 Å². The normalized spacial score (nSPS) is 10.1. The van der Waals surface area contributed by atoms with Crippen molar-refractivity contribution in [2.45, 2.75) is 20.3 Å². The molecule has 1 amide bonds. The molecule has 6 N–H and O–H groups in total. The SMILES string of the molecule is CCC(C)C(=O)N[NH+]=C(N)N.O=CO[O-]. The summed E-state index contributed by atoms with van der Waals surface area (Å²) in [6.45, 7) is 3.57. The molecule has 0 fully saturated rings. The van der Waals surface area contributed by atoms with E-state index in [4.69, 9.17) is 21.5 Å². The van der Waals surface area contributed by atoms with E-state index >= 15 is 0 Å². The van der Waals surface area contributed by atoms with Crippen molar-refractivity contribution in [1.82, 2.24) is 5.43 Å². The number of hydrazone groups is 1. The molecule has 0 aliphatic heterocycles. The molecule has 0 aromatic rings. The fourth-order valence-electron chi connectivity index (χ4n) is 0.442. The average Bonchev–Trinajstić information content (AvgIpc) is 2.24. The lowest BCUT2D eigenvalue weighted by Gasteiger charge is -2.03. The summed E-state index contributed by atoms with van der Waals surface area (Å²) in [7, 11) is 0. The van der Waals surface area contributed by atoms with Crippen LogP contribution in [0.2, 0.25) is 0 Å². The summed E-state index contributed by atoms with van der Waals surface area (Å²) in [5.41, 5.74) is 12.5. The summed E-state index contributed by atoms with van der Waals surface area (Å²) in [5.74, 6) is -0.149. The maximum absolute atomic E-state index is 11.0. The summed E-state index contributed by atoms with van der Waals surface area (Å²) in [4.78, 5) is 22.2. The molecule has 0 aromatic carbocycles. The molecule has 0 bridgehead atoms. The number of hydrogen-bond acceptors (Lipinski definition) is 4. The maximum atomic E-state index is 11.0. The van der Waals surface area contributed by atoms with Gasteiger partial charge in [0, 0.05) is 5.92 Å². The van der Waals surface area contributed by atoms with Crippen molar-refractivity contribution < 1.29 is 24.8 Å². The number of hydrazine groups is 1. The summed E-state index contributed by atoms with van der Waals surface area (Å²) in [6.07, 6.45) is 0.790. The van der Waals surface area contributed by atoms with Gasteiger partial charge >= 0.3 is 5.96 Å². The molecule has 0 aromatic heterocycles. The van der Waals surface area contributed by atoms with Crippen LogP contribution in [0.25, 0.3) is 0 Å². The molecule has 8 heteroatoms. The van der Waals surface area contributed by atoms with Crippen LogP contribution in [0.1, 0.15) is 20.3 Å². The molecule has 0 radical (unpaired) electrons. The number of amides is 1. The van der Waals surface area contributed by atoms with E-state index in [1.807, 2.05) is 13.8 Å². The van der Waals surface area contributed by atoms with E-state index in [-0.39, 0.29) is 24.3 Å². The van der Waals surface area contributed by atoms with Gasteiger partial charge in [-0.15, -0.1) is 0 Å². The van der Waals surface area contributed by atoms with E-state index in [0.717, 1.165) is 6.42 Å². The van der Waals surface area contributed by atoms with E-state index < -0.39 is 0 Å². The minimum Gasteiger partial charge on any atom is -0.662 e. The highest BCUT2D eigenvalue weighted by molar-refractivity contribution is 5.77. The first-order chi connectivity index (χ1) is 6.99. The third kappa shape index (κ3) is 12.2. The molecule has 0 spiro atoms. The van der Waals surface area contributed by atoms with Gasteiger partial charge in [0.05, 0.1) is 0 Å². The van der Waals surface area contributed by atoms with Gasteiger partial charge in [0.1, 0.15) is 0 Å². The largest absolute Gasteiger partial charge is 0.662 e. The fraction of sp³-hybridized carbons (Fsp3) is 0.571. The Morgan fingerprint density at radius 1 is 1.67 bits per heavy atom. The van der Waals surface area contributed by atoms with Gasteiger partial charge in [-0.25, -0.2) is 5.43 Å². The van der Waals surface area contributed by atoms with Gasteiger partial charge in [0.15, 0.2) is 0 Å². The predicted molar refractivity (Wildman–Crippen MR) is 49.1 cm³/mol. The van der Waals surface area contributed by atoms with Gasteiger partial charge in [-0.05, 0) is 6.42 Å². The van der Waals surface area contributed by atoms with Crippen LogP contribution in [0.4, 0.5) is 0 Å². The van der Waals surface area contributed by atoms with Gasteiger partial charge in [0.2, 0.25) is 0 Å². The lowest BCUT2D eigenvalue weighted by atomic mass is 10.1. The molecule has 1 unspecified atom stereocenters. The number of carbonyl (C=O) groups excluding carboxylic acids is 2. The number of nitrogens with two attached hydrogens (primary N) is 2. The van der Waals surface area contributed by atoms with E-state index in [9.17, 15) is 4.79 Å². The molecular weight excluding hydrogens is 204 g/mol. The van der Waals surface area contributed by atoms with Crippen LogP contribution in [-0.2, 0) is 14.5 Å². The average molecular weight is 220 g/mol. The monoisotopic (exact) mass is 220 g/mol. The number of rotatable bonds is 4. The summed E-state index contributed by atoms with van der Waals surface area (Å²) < 4.78 is 0.